The van der Waals surface area contributed by atoms with E-state index in [2.05, 4.69) is 43.3 Å². The Morgan fingerprint density at radius 1 is 1.12 bits per heavy atom. The molecule has 0 aromatic heterocycles. The van der Waals surface area contributed by atoms with Crippen molar-refractivity contribution >= 4 is 6.08 Å². The Bertz CT molecular complexity index is 421. The Balaban J connectivity index is 1.97. The summed E-state index contributed by atoms with van der Waals surface area (Å²) in [4.78, 5) is 0. The fourth-order valence-electron chi connectivity index (χ4n) is 3.92. The molecule has 0 radical (unpaired) electrons. The zero-order valence-electron chi connectivity index (χ0n) is 10.8. The van der Waals surface area contributed by atoms with Crippen LogP contribution in [0.1, 0.15) is 62.5 Å². The van der Waals surface area contributed by atoms with Crippen molar-refractivity contribution in [3.63, 3.8) is 0 Å². The van der Waals surface area contributed by atoms with Crippen molar-refractivity contribution in [3.8, 4) is 0 Å². The van der Waals surface area contributed by atoms with Gasteiger partial charge in [0, 0.05) is 5.92 Å². The normalized spacial score (nSPS) is 25.8. The van der Waals surface area contributed by atoms with Crippen LogP contribution in [0.2, 0.25) is 0 Å². The number of hydrogen-bond donors (Lipinski definition) is 0. The molecule has 0 heterocycles. The number of allylic oxidation sites excluding steroid dienone is 1. The molecule has 17 heavy (non-hydrogen) atoms. The van der Waals surface area contributed by atoms with Gasteiger partial charge in [0.1, 0.15) is 0 Å². The Kier molecular flexibility index (Phi) is 2.82. The minimum absolute atomic E-state index is 0.557. The van der Waals surface area contributed by atoms with Gasteiger partial charge in [0.25, 0.3) is 0 Å². The summed E-state index contributed by atoms with van der Waals surface area (Å²) in [6.07, 6.45) is 13.3. The maximum absolute atomic E-state index is 2.47. The molecular formula is C17H22. The summed E-state index contributed by atoms with van der Waals surface area (Å²) in [7, 11) is 0. The van der Waals surface area contributed by atoms with Gasteiger partial charge in [-0.2, -0.15) is 0 Å². The van der Waals surface area contributed by atoms with Crippen LogP contribution >= 0.6 is 0 Å². The molecule has 0 bridgehead atoms. The first-order chi connectivity index (χ1) is 8.36. The highest BCUT2D eigenvalue weighted by atomic mass is 14.4. The molecule has 0 N–H and O–H groups in total. The second-order valence-corrected chi connectivity index (χ2v) is 5.74. The minimum Gasteiger partial charge on any atom is -0.0758 e. The van der Waals surface area contributed by atoms with E-state index in [-0.39, 0.29) is 0 Å². The molecule has 0 heteroatoms. The van der Waals surface area contributed by atoms with E-state index in [9.17, 15) is 0 Å². The molecule has 1 unspecified atom stereocenters. The molecule has 2 aliphatic rings. The quantitative estimate of drug-likeness (QED) is 0.653. The Labute approximate surface area is 105 Å². The summed E-state index contributed by atoms with van der Waals surface area (Å²) in [5.74, 6) is 0.684. The third-order valence-electron chi connectivity index (χ3n) is 5.01. The van der Waals surface area contributed by atoms with E-state index in [0.717, 1.165) is 0 Å². The van der Waals surface area contributed by atoms with Crippen LogP contribution in [0.25, 0.3) is 6.08 Å². The second-order valence-electron chi connectivity index (χ2n) is 5.74. The lowest BCUT2D eigenvalue weighted by Crippen LogP contribution is -2.29. The number of rotatable bonds is 2. The largest absolute Gasteiger partial charge is 0.0758 e. The van der Waals surface area contributed by atoms with Crippen LogP contribution in [0.5, 0.6) is 0 Å². The van der Waals surface area contributed by atoms with Crippen LogP contribution < -0.4 is 0 Å². The highest BCUT2D eigenvalue weighted by molar-refractivity contribution is 5.63. The molecule has 3 rings (SSSR count). The van der Waals surface area contributed by atoms with Crippen molar-refractivity contribution in [1.29, 1.82) is 0 Å². The summed E-state index contributed by atoms with van der Waals surface area (Å²) >= 11 is 0. The van der Waals surface area contributed by atoms with E-state index in [1.807, 2.05) is 0 Å². The Hall–Kier alpha value is -1.04. The molecule has 1 saturated carbocycles. The number of fused-ring (bicyclic) bond motifs is 1. The van der Waals surface area contributed by atoms with Crippen LogP contribution in [0, 0.1) is 5.41 Å². The average Bonchev–Trinajstić information content (AvgIpc) is 2.84. The van der Waals surface area contributed by atoms with Gasteiger partial charge in [0.15, 0.2) is 0 Å². The highest BCUT2D eigenvalue weighted by Gasteiger charge is 2.39. The lowest BCUT2D eigenvalue weighted by molar-refractivity contribution is 0.158. The van der Waals surface area contributed by atoms with E-state index >= 15 is 0 Å². The first-order valence-corrected chi connectivity index (χ1v) is 7.13. The Morgan fingerprint density at radius 3 is 2.65 bits per heavy atom. The zero-order valence-corrected chi connectivity index (χ0v) is 10.8. The zero-order chi connectivity index (χ0) is 11.7. The minimum atomic E-state index is 0.557. The first kappa shape index (κ1) is 11.1. The molecule has 1 fully saturated rings. The third kappa shape index (κ3) is 1.74. The van der Waals surface area contributed by atoms with Crippen LogP contribution in [0.4, 0.5) is 0 Å². The maximum atomic E-state index is 2.47. The fraction of sp³-hybridized carbons (Fsp3) is 0.529. The van der Waals surface area contributed by atoms with Crippen molar-refractivity contribution < 1.29 is 0 Å². The summed E-state index contributed by atoms with van der Waals surface area (Å²) in [6.45, 7) is 2.39. The molecule has 1 atom stereocenters. The third-order valence-corrected chi connectivity index (χ3v) is 5.01. The summed E-state index contributed by atoms with van der Waals surface area (Å²) in [6, 6.07) is 8.96. The topological polar surface area (TPSA) is 0 Å². The molecule has 0 saturated heterocycles. The van der Waals surface area contributed by atoms with E-state index < -0.39 is 0 Å². The van der Waals surface area contributed by atoms with Crippen molar-refractivity contribution in [3.05, 3.63) is 41.5 Å². The van der Waals surface area contributed by atoms with Gasteiger partial charge in [0.2, 0.25) is 0 Å². The van der Waals surface area contributed by atoms with E-state index in [1.54, 1.807) is 5.56 Å². The standard InChI is InChI=1S/C17H22/c1-2-17(12-6-3-7-13-17)16-11-10-14-8-4-5-9-15(14)16/h4-5,8-11,16H,2-3,6-7,12-13H2,1H3. The van der Waals surface area contributed by atoms with E-state index in [4.69, 9.17) is 0 Å². The highest BCUT2D eigenvalue weighted by Crippen LogP contribution is 2.53. The molecule has 90 valence electrons. The predicted octanol–water partition coefficient (Wildman–Crippen LogP) is 5.16. The first-order valence-electron chi connectivity index (χ1n) is 7.13. The van der Waals surface area contributed by atoms with Gasteiger partial charge in [-0.25, -0.2) is 0 Å². The van der Waals surface area contributed by atoms with Gasteiger partial charge in [-0.15, -0.1) is 0 Å². The van der Waals surface area contributed by atoms with Gasteiger partial charge in [-0.05, 0) is 35.8 Å². The van der Waals surface area contributed by atoms with E-state index in [0.29, 0.717) is 11.3 Å². The van der Waals surface area contributed by atoms with Crippen molar-refractivity contribution in [2.24, 2.45) is 5.41 Å². The van der Waals surface area contributed by atoms with Crippen LogP contribution in [0.15, 0.2) is 30.3 Å². The van der Waals surface area contributed by atoms with Crippen LogP contribution in [0.3, 0.4) is 0 Å². The van der Waals surface area contributed by atoms with Gasteiger partial charge in [0.05, 0.1) is 0 Å². The smallest absolute Gasteiger partial charge is 0.00836 e. The molecule has 0 amide bonds. The van der Waals surface area contributed by atoms with Gasteiger partial charge < -0.3 is 0 Å². The number of hydrogen-bond acceptors (Lipinski definition) is 0. The van der Waals surface area contributed by atoms with Gasteiger partial charge in [-0.3, -0.25) is 0 Å². The molecule has 0 aliphatic heterocycles. The number of benzene rings is 1. The van der Waals surface area contributed by atoms with Gasteiger partial charge >= 0.3 is 0 Å². The molecule has 1 aromatic carbocycles. The lowest BCUT2D eigenvalue weighted by Gasteiger charge is -2.41. The second kappa shape index (κ2) is 4.33. The molecule has 0 nitrogen and oxygen atoms in total. The summed E-state index contributed by atoms with van der Waals surface area (Å²) < 4.78 is 0. The maximum Gasteiger partial charge on any atom is 0.00836 e. The van der Waals surface area contributed by atoms with Crippen molar-refractivity contribution in [1.82, 2.24) is 0 Å². The van der Waals surface area contributed by atoms with Crippen LogP contribution in [-0.4, -0.2) is 0 Å². The van der Waals surface area contributed by atoms with Crippen LogP contribution in [-0.2, 0) is 0 Å². The fourth-order valence-corrected chi connectivity index (χ4v) is 3.92. The molecule has 2 aliphatic carbocycles. The SMILES string of the molecule is CCC1(C2C=Cc3ccccc32)CCCCC1. The van der Waals surface area contributed by atoms with E-state index in [1.165, 1.54) is 44.1 Å². The van der Waals surface area contributed by atoms with Gasteiger partial charge in [-0.1, -0.05) is 62.6 Å². The Morgan fingerprint density at radius 2 is 1.88 bits per heavy atom. The molecule has 1 aromatic rings. The summed E-state index contributed by atoms with van der Waals surface area (Å²) in [5.41, 5.74) is 3.59. The lowest BCUT2D eigenvalue weighted by atomic mass is 9.63. The molecule has 0 spiro atoms. The average molecular weight is 226 g/mol. The molecular weight excluding hydrogens is 204 g/mol. The van der Waals surface area contributed by atoms with Crippen molar-refractivity contribution in [2.75, 3.05) is 0 Å². The monoisotopic (exact) mass is 226 g/mol. The predicted molar refractivity (Wildman–Crippen MR) is 74.0 cm³/mol. The van der Waals surface area contributed by atoms with Crippen molar-refractivity contribution in [2.45, 2.75) is 51.4 Å². The summed E-state index contributed by atoms with van der Waals surface area (Å²) in [5, 5.41) is 0.